The minimum atomic E-state index is -3.57. The number of carbonyl (C=O) groups is 1. The van der Waals surface area contributed by atoms with Crippen molar-refractivity contribution in [3.05, 3.63) is 17.0 Å². The summed E-state index contributed by atoms with van der Waals surface area (Å²) in [7, 11) is -6.64. The van der Waals surface area contributed by atoms with Gasteiger partial charge in [-0.2, -0.15) is 4.31 Å². The highest BCUT2D eigenvalue weighted by atomic mass is 32.2. The van der Waals surface area contributed by atoms with E-state index in [1.807, 2.05) is 6.92 Å². The lowest BCUT2D eigenvalue weighted by atomic mass is 10.2. The maximum Gasteiger partial charge on any atom is 0.252 e. The zero-order valence-electron chi connectivity index (χ0n) is 15.2. The highest BCUT2D eigenvalue weighted by molar-refractivity contribution is 7.91. The van der Waals surface area contributed by atoms with Gasteiger partial charge >= 0.3 is 0 Å². The largest absolute Gasteiger partial charge is 0.379 e. The fraction of sp³-hybridized carbons (Fsp3) is 0.688. The van der Waals surface area contributed by atoms with Crippen molar-refractivity contribution in [2.75, 3.05) is 44.4 Å². The second kappa shape index (κ2) is 8.16. The first-order chi connectivity index (χ1) is 12.7. The first-order valence-corrected chi connectivity index (χ1v) is 13.0. The fourth-order valence-corrected chi connectivity index (χ4v) is 8.06. The summed E-state index contributed by atoms with van der Waals surface area (Å²) >= 11 is 1.10. The van der Waals surface area contributed by atoms with E-state index in [0.717, 1.165) is 11.3 Å². The van der Waals surface area contributed by atoms with Crippen LogP contribution in [0.5, 0.6) is 0 Å². The van der Waals surface area contributed by atoms with Crippen molar-refractivity contribution in [3.63, 3.8) is 0 Å². The molecule has 1 atom stereocenters. The lowest BCUT2D eigenvalue weighted by Gasteiger charge is -2.26. The van der Waals surface area contributed by atoms with Gasteiger partial charge in [0.2, 0.25) is 5.91 Å². The topological polar surface area (TPSA) is 101 Å². The van der Waals surface area contributed by atoms with Gasteiger partial charge in [0.25, 0.3) is 10.0 Å². The number of carbonyl (C=O) groups excluding carboxylic acids is 1. The van der Waals surface area contributed by atoms with Crippen LogP contribution in [-0.2, 0) is 35.8 Å². The Kier molecular flexibility index (Phi) is 6.26. The summed E-state index contributed by atoms with van der Waals surface area (Å²) in [6, 6.07) is 2.91. The molecule has 152 valence electrons. The average molecular weight is 437 g/mol. The molecule has 0 aromatic carbocycles. The quantitative estimate of drug-likeness (QED) is 0.638. The predicted octanol–water partition coefficient (Wildman–Crippen LogP) is 0.347. The molecule has 3 rings (SSSR count). The second-order valence-electron chi connectivity index (χ2n) is 6.65. The molecule has 1 unspecified atom stereocenters. The lowest BCUT2D eigenvalue weighted by Crippen LogP contribution is -2.41. The Bertz CT molecular complexity index is 887. The summed E-state index contributed by atoms with van der Waals surface area (Å²) in [5, 5.41) is 0. The van der Waals surface area contributed by atoms with E-state index in [9.17, 15) is 21.6 Å². The first kappa shape index (κ1) is 20.7. The molecule has 2 saturated heterocycles. The normalized spacial score (nSPS) is 23.4. The van der Waals surface area contributed by atoms with Gasteiger partial charge in [0, 0.05) is 30.6 Å². The summed E-state index contributed by atoms with van der Waals surface area (Å²) in [4.78, 5) is 14.9. The van der Waals surface area contributed by atoms with Crippen LogP contribution in [0.3, 0.4) is 0 Å². The van der Waals surface area contributed by atoms with Gasteiger partial charge in [-0.05, 0) is 25.5 Å². The van der Waals surface area contributed by atoms with Crippen molar-refractivity contribution in [3.8, 4) is 0 Å². The van der Waals surface area contributed by atoms with E-state index in [-0.39, 0.29) is 34.1 Å². The molecule has 0 aliphatic carbocycles. The summed E-state index contributed by atoms with van der Waals surface area (Å²) in [6.07, 6.45) is 0.538. The zero-order chi connectivity index (χ0) is 19.7. The van der Waals surface area contributed by atoms with E-state index >= 15 is 0 Å². The molecule has 0 bridgehead atoms. The van der Waals surface area contributed by atoms with Crippen molar-refractivity contribution >= 4 is 37.1 Å². The second-order valence-corrected chi connectivity index (χ2v) is 12.2. The molecule has 0 spiro atoms. The molecule has 1 aromatic rings. The number of likely N-dealkylation sites (N-methyl/N-ethyl adjacent to an activating group) is 1. The van der Waals surface area contributed by atoms with E-state index in [0.29, 0.717) is 44.1 Å². The molecule has 0 radical (unpaired) electrons. The number of nitrogens with zero attached hydrogens (tertiary/aromatic N) is 2. The van der Waals surface area contributed by atoms with Crippen LogP contribution in [-0.4, -0.2) is 82.3 Å². The molecular formula is C16H24N2O6S3. The van der Waals surface area contributed by atoms with E-state index in [1.54, 1.807) is 11.0 Å². The van der Waals surface area contributed by atoms with Crippen LogP contribution in [0.2, 0.25) is 0 Å². The fourth-order valence-electron chi connectivity index (χ4n) is 3.42. The minimum Gasteiger partial charge on any atom is -0.379 e. The van der Waals surface area contributed by atoms with Gasteiger partial charge < -0.3 is 9.64 Å². The van der Waals surface area contributed by atoms with E-state index < -0.39 is 19.9 Å². The van der Waals surface area contributed by atoms with Gasteiger partial charge in [-0.3, -0.25) is 4.79 Å². The number of hydrogen-bond acceptors (Lipinski definition) is 7. The molecule has 0 N–H and O–H groups in total. The van der Waals surface area contributed by atoms with Crippen molar-refractivity contribution in [2.24, 2.45) is 0 Å². The lowest BCUT2D eigenvalue weighted by molar-refractivity contribution is -0.132. The Morgan fingerprint density at radius 2 is 2.04 bits per heavy atom. The van der Waals surface area contributed by atoms with E-state index in [1.165, 1.54) is 10.4 Å². The van der Waals surface area contributed by atoms with Gasteiger partial charge in [-0.15, -0.1) is 11.3 Å². The highest BCUT2D eigenvalue weighted by Gasteiger charge is 2.34. The summed E-state index contributed by atoms with van der Waals surface area (Å²) in [5.74, 6) is -0.0486. The van der Waals surface area contributed by atoms with Crippen molar-refractivity contribution in [1.29, 1.82) is 0 Å². The van der Waals surface area contributed by atoms with Crippen LogP contribution in [0.25, 0.3) is 0 Å². The maximum absolute atomic E-state index is 12.7. The van der Waals surface area contributed by atoms with Crippen LogP contribution >= 0.6 is 11.3 Å². The molecule has 1 amide bonds. The standard InChI is InChI=1S/C16H24N2O6S3/c1-2-18(13-5-10-26(20,21)12-13)15(19)11-14-3-4-16(25-14)27(22,23)17-6-8-24-9-7-17/h3-4,13H,2,5-12H2,1H3. The Hall–Kier alpha value is -1.01. The van der Waals surface area contributed by atoms with Gasteiger partial charge in [-0.1, -0.05) is 0 Å². The Morgan fingerprint density at radius 1 is 1.33 bits per heavy atom. The molecule has 2 aliphatic rings. The molecule has 2 aliphatic heterocycles. The summed E-state index contributed by atoms with van der Waals surface area (Å²) in [5.41, 5.74) is 0. The zero-order valence-corrected chi connectivity index (χ0v) is 17.6. The number of rotatable bonds is 6. The van der Waals surface area contributed by atoms with Gasteiger partial charge in [0.15, 0.2) is 9.84 Å². The number of sulfonamides is 1. The molecule has 0 saturated carbocycles. The Balaban J connectivity index is 1.68. The molecule has 3 heterocycles. The number of thiophene rings is 1. The number of sulfone groups is 1. The molecule has 11 heteroatoms. The number of morpholine rings is 1. The predicted molar refractivity (Wildman–Crippen MR) is 102 cm³/mol. The SMILES string of the molecule is CCN(C(=O)Cc1ccc(S(=O)(=O)N2CCOCC2)s1)C1CCS(=O)(=O)C1. The number of ether oxygens (including phenoxy) is 1. The molecule has 8 nitrogen and oxygen atoms in total. The van der Waals surface area contributed by atoms with Gasteiger partial charge in [-0.25, -0.2) is 16.8 Å². The van der Waals surface area contributed by atoms with Crippen LogP contribution in [0.15, 0.2) is 16.3 Å². The van der Waals surface area contributed by atoms with Crippen LogP contribution in [0.1, 0.15) is 18.2 Å². The van der Waals surface area contributed by atoms with Crippen molar-refractivity contribution < 1.29 is 26.4 Å². The van der Waals surface area contributed by atoms with Crippen molar-refractivity contribution in [1.82, 2.24) is 9.21 Å². The summed E-state index contributed by atoms with van der Waals surface area (Å²) < 4.78 is 55.5. The van der Waals surface area contributed by atoms with Gasteiger partial charge in [0.1, 0.15) is 4.21 Å². The van der Waals surface area contributed by atoms with Crippen LogP contribution < -0.4 is 0 Å². The van der Waals surface area contributed by atoms with Crippen LogP contribution in [0.4, 0.5) is 0 Å². The van der Waals surface area contributed by atoms with Crippen LogP contribution in [0, 0.1) is 0 Å². The summed E-state index contributed by atoms with van der Waals surface area (Å²) in [6.45, 7) is 3.68. The monoisotopic (exact) mass is 436 g/mol. The molecule has 27 heavy (non-hydrogen) atoms. The van der Waals surface area contributed by atoms with E-state index in [4.69, 9.17) is 4.74 Å². The Morgan fingerprint density at radius 3 is 2.63 bits per heavy atom. The molecule has 2 fully saturated rings. The number of hydrogen-bond donors (Lipinski definition) is 0. The molecule has 1 aromatic heterocycles. The average Bonchev–Trinajstić information content (AvgIpc) is 3.23. The third-order valence-corrected chi connectivity index (χ3v) is 10.0. The number of amides is 1. The van der Waals surface area contributed by atoms with Crippen molar-refractivity contribution in [2.45, 2.75) is 30.0 Å². The van der Waals surface area contributed by atoms with Gasteiger partial charge in [0.05, 0.1) is 31.1 Å². The minimum absolute atomic E-state index is 0.00762. The first-order valence-electron chi connectivity index (χ1n) is 8.89. The Labute approximate surface area is 164 Å². The molecular weight excluding hydrogens is 412 g/mol. The highest BCUT2D eigenvalue weighted by Crippen LogP contribution is 2.27. The maximum atomic E-state index is 12.7. The third kappa shape index (κ3) is 4.70. The van der Waals surface area contributed by atoms with E-state index in [2.05, 4.69) is 0 Å². The third-order valence-electron chi connectivity index (χ3n) is 4.84. The smallest absolute Gasteiger partial charge is 0.252 e.